The van der Waals surface area contributed by atoms with E-state index in [2.05, 4.69) is 5.32 Å². The molecule has 0 aliphatic carbocycles. The van der Waals surface area contributed by atoms with E-state index < -0.39 is 48.8 Å². The van der Waals surface area contributed by atoms with Crippen molar-refractivity contribution >= 4 is 29.4 Å². The molecule has 1 N–H and O–H groups in total. The van der Waals surface area contributed by atoms with E-state index in [-0.39, 0.29) is 15.5 Å². The van der Waals surface area contributed by atoms with Gasteiger partial charge in [-0.25, -0.2) is 19.0 Å². The molecular formula is C13H9F4N3O4. The molecule has 0 aromatic heterocycles. The first-order valence-corrected chi connectivity index (χ1v) is 6.38. The van der Waals surface area contributed by atoms with Gasteiger partial charge in [-0.05, 0) is 18.2 Å². The molecule has 24 heavy (non-hydrogen) atoms. The summed E-state index contributed by atoms with van der Waals surface area (Å²) < 4.78 is 49.9. The van der Waals surface area contributed by atoms with Crippen LogP contribution in [0.25, 0.3) is 0 Å². The molecule has 0 atom stereocenters. The molecule has 1 heterocycles. The van der Waals surface area contributed by atoms with E-state index in [4.69, 9.17) is 0 Å². The van der Waals surface area contributed by atoms with E-state index in [1.165, 1.54) is 12.1 Å². The molecule has 0 radical (unpaired) electrons. The van der Waals surface area contributed by atoms with Crippen molar-refractivity contribution in [3.8, 4) is 0 Å². The summed E-state index contributed by atoms with van der Waals surface area (Å²) in [4.78, 5) is 46.2. The molecule has 7 nitrogen and oxygen atoms in total. The number of amides is 5. The third kappa shape index (κ3) is 3.86. The van der Waals surface area contributed by atoms with E-state index >= 15 is 0 Å². The van der Waals surface area contributed by atoms with Crippen LogP contribution in [0.1, 0.15) is 0 Å². The van der Waals surface area contributed by atoms with Crippen molar-refractivity contribution in [3.63, 3.8) is 0 Å². The smallest absolute Gasteiger partial charge is 0.324 e. The number of rotatable bonds is 4. The zero-order chi connectivity index (χ0) is 18.1. The van der Waals surface area contributed by atoms with Gasteiger partial charge in [0.15, 0.2) is 0 Å². The molecule has 1 aliphatic rings. The fourth-order valence-electron chi connectivity index (χ4n) is 1.92. The predicted octanol–water partition coefficient (Wildman–Crippen LogP) is 1.12. The highest BCUT2D eigenvalue weighted by molar-refractivity contribution is 6.45. The summed E-state index contributed by atoms with van der Waals surface area (Å²) in [6.45, 7) is -2.91. The molecule has 5 amide bonds. The van der Waals surface area contributed by atoms with Crippen molar-refractivity contribution in [2.75, 3.05) is 18.4 Å². The van der Waals surface area contributed by atoms with Crippen LogP contribution in [0.5, 0.6) is 0 Å². The lowest BCUT2D eigenvalue weighted by Crippen LogP contribution is -2.41. The summed E-state index contributed by atoms with van der Waals surface area (Å²) in [5, 5.41) is 2.15. The molecule has 0 bridgehead atoms. The summed E-state index contributed by atoms with van der Waals surface area (Å²) in [5.41, 5.74) is 0.0116. The number of alkyl halides is 3. The van der Waals surface area contributed by atoms with Crippen molar-refractivity contribution in [2.45, 2.75) is 6.18 Å². The molecule has 1 saturated heterocycles. The van der Waals surface area contributed by atoms with Crippen molar-refractivity contribution in [1.29, 1.82) is 0 Å². The van der Waals surface area contributed by atoms with Gasteiger partial charge in [0, 0.05) is 5.69 Å². The van der Waals surface area contributed by atoms with Gasteiger partial charge in [-0.2, -0.15) is 13.2 Å². The number of hydrogen-bond donors (Lipinski definition) is 1. The van der Waals surface area contributed by atoms with E-state index in [9.17, 15) is 36.7 Å². The van der Waals surface area contributed by atoms with Gasteiger partial charge in [0.05, 0.1) is 0 Å². The van der Waals surface area contributed by atoms with Crippen molar-refractivity contribution in [1.82, 2.24) is 9.80 Å². The molecule has 0 unspecified atom stereocenters. The minimum absolute atomic E-state index is 0.0116. The zero-order valence-electron chi connectivity index (χ0n) is 11.8. The Kier molecular flexibility index (Phi) is 4.53. The van der Waals surface area contributed by atoms with E-state index in [1.54, 1.807) is 0 Å². The van der Waals surface area contributed by atoms with E-state index in [0.717, 1.165) is 12.1 Å². The van der Waals surface area contributed by atoms with Crippen LogP contribution in [-0.4, -0.2) is 52.8 Å². The summed E-state index contributed by atoms with van der Waals surface area (Å²) in [7, 11) is 0. The Morgan fingerprint density at radius 1 is 1.08 bits per heavy atom. The maximum atomic E-state index is 13.0. The minimum Gasteiger partial charge on any atom is -0.324 e. The Bertz CT molecular complexity index is 719. The predicted molar refractivity (Wildman–Crippen MR) is 69.9 cm³/mol. The van der Waals surface area contributed by atoms with Crippen LogP contribution in [0.15, 0.2) is 24.3 Å². The number of halogens is 4. The monoisotopic (exact) mass is 347 g/mol. The van der Waals surface area contributed by atoms with Crippen LogP contribution in [0, 0.1) is 5.82 Å². The number of urea groups is 1. The average Bonchev–Trinajstić information content (AvgIpc) is 2.64. The number of nitrogens with zero attached hydrogens (tertiary/aromatic N) is 2. The van der Waals surface area contributed by atoms with Gasteiger partial charge in [0.2, 0.25) is 5.91 Å². The maximum Gasteiger partial charge on any atom is 0.406 e. The molecule has 1 fully saturated rings. The largest absolute Gasteiger partial charge is 0.406 e. The van der Waals surface area contributed by atoms with Gasteiger partial charge in [-0.15, -0.1) is 0 Å². The Balaban J connectivity index is 2.06. The third-order valence-corrected chi connectivity index (χ3v) is 2.88. The molecule has 1 aromatic rings. The second kappa shape index (κ2) is 6.26. The normalized spacial score (nSPS) is 15.2. The van der Waals surface area contributed by atoms with Gasteiger partial charge in [0.1, 0.15) is 18.9 Å². The quantitative estimate of drug-likeness (QED) is 0.502. The summed E-state index contributed by atoms with van der Waals surface area (Å²) in [6, 6.07) is 3.11. The number of hydrogen-bond acceptors (Lipinski definition) is 4. The molecule has 0 spiro atoms. The van der Waals surface area contributed by atoms with Gasteiger partial charge >= 0.3 is 24.0 Å². The van der Waals surface area contributed by atoms with Gasteiger partial charge in [0.25, 0.3) is 0 Å². The molecule has 1 aromatic carbocycles. The third-order valence-electron chi connectivity index (χ3n) is 2.88. The Morgan fingerprint density at radius 2 is 1.71 bits per heavy atom. The van der Waals surface area contributed by atoms with Gasteiger partial charge < -0.3 is 5.32 Å². The van der Waals surface area contributed by atoms with Crippen LogP contribution in [0.3, 0.4) is 0 Å². The lowest BCUT2D eigenvalue weighted by molar-refractivity contribution is -0.156. The van der Waals surface area contributed by atoms with Crippen LogP contribution in [-0.2, 0) is 14.4 Å². The van der Waals surface area contributed by atoms with E-state index in [0.29, 0.717) is 0 Å². The molecule has 1 aliphatic heterocycles. The second-order valence-electron chi connectivity index (χ2n) is 4.74. The van der Waals surface area contributed by atoms with Crippen LogP contribution < -0.4 is 5.32 Å². The highest BCUT2D eigenvalue weighted by Crippen LogP contribution is 2.21. The molecule has 0 saturated carbocycles. The number of benzene rings is 1. The fraction of sp³-hybridized carbons (Fsp3) is 0.231. The average molecular weight is 347 g/mol. The maximum absolute atomic E-state index is 13.0. The van der Waals surface area contributed by atoms with Gasteiger partial charge in [-0.3, -0.25) is 14.4 Å². The highest BCUT2D eigenvalue weighted by atomic mass is 19.4. The van der Waals surface area contributed by atoms with Crippen LogP contribution in [0.4, 0.5) is 28.0 Å². The van der Waals surface area contributed by atoms with Crippen molar-refractivity contribution in [2.24, 2.45) is 0 Å². The fourth-order valence-corrected chi connectivity index (χ4v) is 1.92. The first-order valence-electron chi connectivity index (χ1n) is 6.38. The number of carbonyl (C=O) groups is 4. The van der Waals surface area contributed by atoms with Gasteiger partial charge in [-0.1, -0.05) is 6.07 Å². The minimum atomic E-state index is -4.88. The summed E-state index contributed by atoms with van der Waals surface area (Å²) in [5.74, 6) is -4.86. The summed E-state index contributed by atoms with van der Waals surface area (Å²) in [6.07, 6.45) is -4.88. The van der Waals surface area contributed by atoms with E-state index in [1.807, 2.05) is 0 Å². The Morgan fingerprint density at radius 3 is 2.29 bits per heavy atom. The first-order chi connectivity index (χ1) is 11.1. The Hall–Kier alpha value is -2.98. The van der Waals surface area contributed by atoms with Crippen LogP contribution >= 0.6 is 0 Å². The first kappa shape index (κ1) is 17.4. The topological polar surface area (TPSA) is 86.8 Å². The lowest BCUT2D eigenvalue weighted by atomic mass is 10.3. The number of nitrogens with one attached hydrogen (secondary N) is 1. The standard InChI is InChI=1S/C13H9F4N3O4/c14-7-2-1-3-8(4-7)18-9(21)5-19-10(22)11(23)20(12(19)24)6-13(15,16)17/h1-4H,5-6H2,(H,18,21). The van der Waals surface area contributed by atoms with Crippen LogP contribution in [0.2, 0.25) is 0 Å². The number of carbonyl (C=O) groups excluding carboxylic acids is 4. The summed E-state index contributed by atoms with van der Waals surface area (Å²) >= 11 is 0. The molecule has 128 valence electrons. The van der Waals surface area contributed by atoms with Crippen molar-refractivity contribution in [3.05, 3.63) is 30.1 Å². The molecule has 2 rings (SSSR count). The second-order valence-corrected chi connectivity index (χ2v) is 4.74. The zero-order valence-corrected chi connectivity index (χ0v) is 11.8. The lowest BCUT2D eigenvalue weighted by Gasteiger charge is -2.16. The molecular weight excluding hydrogens is 338 g/mol. The number of imide groups is 2. The molecule has 11 heteroatoms. The number of anilines is 1. The highest BCUT2D eigenvalue weighted by Gasteiger charge is 2.49. The Labute approximate surface area is 131 Å². The van der Waals surface area contributed by atoms with Crippen molar-refractivity contribution < 1.29 is 36.7 Å². The SMILES string of the molecule is O=C(CN1C(=O)C(=O)N(CC(F)(F)F)C1=O)Nc1cccc(F)c1.